The summed E-state index contributed by atoms with van der Waals surface area (Å²) in [6.07, 6.45) is 3.77. The molecule has 6 nitrogen and oxygen atoms in total. The number of hydrogen-bond acceptors (Lipinski definition) is 6. The molecule has 0 bridgehead atoms. The van der Waals surface area contributed by atoms with Crippen molar-refractivity contribution in [3.63, 3.8) is 0 Å². The Morgan fingerprint density at radius 3 is 2.69 bits per heavy atom. The van der Waals surface area contributed by atoms with Crippen LogP contribution in [0.15, 0.2) is 47.9 Å². The van der Waals surface area contributed by atoms with E-state index in [9.17, 15) is 14.4 Å². The number of rotatable bonds is 4. The van der Waals surface area contributed by atoms with Crippen LogP contribution in [-0.4, -0.2) is 53.8 Å². The number of allylic oxidation sites excluding steroid dienone is 1. The van der Waals surface area contributed by atoms with Crippen molar-refractivity contribution < 1.29 is 19.1 Å². The number of para-hydroxylation sites is 1. The molecule has 7 heteroatoms. The van der Waals surface area contributed by atoms with E-state index in [-0.39, 0.29) is 36.3 Å². The van der Waals surface area contributed by atoms with Crippen LogP contribution in [0.3, 0.4) is 0 Å². The summed E-state index contributed by atoms with van der Waals surface area (Å²) in [5.41, 5.74) is 3.04. The number of hydrogen-bond donors (Lipinski definition) is 0. The number of benzene rings is 1. The third-order valence-corrected chi connectivity index (χ3v) is 8.17. The topological polar surface area (TPSA) is 66.9 Å². The Morgan fingerprint density at radius 1 is 1.12 bits per heavy atom. The van der Waals surface area contributed by atoms with Crippen LogP contribution in [0.25, 0.3) is 5.57 Å². The highest BCUT2D eigenvalue weighted by molar-refractivity contribution is 7.12. The fourth-order valence-corrected chi connectivity index (χ4v) is 6.59. The number of Topliss-reactive ketones (excluding diaryl/α,β-unsaturated/α-hetero) is 1. The SMILES string of the molecule is CC1=CC2C3C(=O)N(CC4CCCO4)C(=O)C3C(C(=O)c3cccs3)N2c2ccccc21. The average molecular weight is 449 g/mol. The maximum atomic E-state index is 13.7. The quantitative estimate of drug-likeness (QED) is 0.530. The molecule has 1 aromatic heterocycles. The van der Waals surface area contributed by atoms with Gasteiger partial charge in [0.1, 0.15) is 6.04 Å². The lowest BCUT2D eigenvalue weighted by molar-refractivity contribution is -0.142. The van der Waals surface area contributed by atoms with Crippen LogP contribution in [0, 0.1) is 11.8 Å². The van der Waals surface area contributed by atoms with Crippen LogP contribution in [0.5, 0.6) is 0 Å². The van der Waals surface area contributed by atoms with Crippen LogP contribution < -0.4 is 4.90 Å². The first kappa shape index (κ1) is 19.9. The molecule has 5 atom stereocenters. The van der Waals surface area contributed by atoms with Crippen molar-refractivity contribution in [2.75, 3.05) is 18.1 Å². The highest BCUT2D eigenvalue weighted by Gasteiger charge is 2.64. The first-order valence-corrected chi connectivity index (χ1v) is 12.0. The van der Waals surface area contributed by atoms with Crippen molar-refractivity contribution in [1.29, 1.82) is 0 Å². The van der Waals surface area contributed by atoms with Gasteiger partial charge < -0.3 is 9.64 Å². The van der Waals surface area contributed by atoms with E-state index in [1.807, 2.05) is 47.5 Å². The van der Waals surface area contributed by atoms with Gasteiger partial charge >= 0.3 is 0 Å². The number of fused-ring (bicyclic) bond motifs is 5. The number of carbonyl (C=O) groups is 3. The van der Waals surface area contributed by atoms with Crippen LogP contribution in [-0.2, 0) is 14.3 Å². The molecular formula is C25H24N2O4S. The number of imide groups is 1. The minimum atomic E-state index is -0.694. The predicted molar refractivity (Wildman–Crippen MR) is 121 cm³/mol. The van der Waals surface area contributed by atoms with Crippen LogP contribution in [0.1, 0.15) is 35.0 Å². The number of likely N-dealkylation sites (tertiary alicyclic amines) is 1. The average Bonchev–Trinajstić information content (AvgIpc) is 3.58. The van der Waals surface area contributed by atoms with Gasteiger partial charge in [-0.3, -0.25) is 19.3 Å². The molecule has 32 heavy (non-hydrogen) atoms. The third-order valence-electron chi connectivity index (χ3n) is 7.29. The Labute approximate surface area is 190 Å². The molecule has 3 fully saturated rings. The molecule has 0 radical (unpaired) electrons. The van der Waals surface area contributed by atoms with E-state index in [1.54, 1.807) is 6.07 Å². The van der Waals surface area contributed by atoms with Crippen LogP contribution >= 0.6 is 11.3 Å². The van der Waals surface area contributed by atoms with E-state index in [0.29, 0.717) is 11.5 Å². The minimum Gasteiger partial charge on any atom is -0.376 e. The second kappa shape index (κ2) is 7.39. The molecule has 4 aliphatic rings. The number of ether oxygens (including phenoxy) is 1. The van der Waals surface area contributed by atoms with Gasteiger partial charge in [-0.25, -0.2) is 0 Å². The molecule has 3 saturated heterocycles. The van der Waals surface area contributed by atoms with Gasteiger partial charge in [0.05, 0.1) is 35.4 Å². The largest absolute Gasteiger partial charge is 0.376 e. The number of ketones is 1. The predicted octanol–water partition coefficient (Wildman–Crippen LogP) is 3.39. The maximum Gasteiger partial charge on any atom is 0.235 e. The van der Waals surface area contributed by atoms with Crippen LogP contribution in [0.2, 0.25) is 0 Å². The van der Waals surface area contributed by atoms with Gasteiger partial charge in [0.15, 0.2) is 5.78 Å². The van der Waals surface area contributed by atoms with Gasteiger partial charge in [-0.1, -0.05) is 30.3 Å². The standard InChI is InChI=1S/C25H24N2O4S/c1-14-12-18-20-21(25(30)26(24(20)29)13-15-6-4-10-31-15)22(23(28)19-9-5-11-32-19)27(18)17-8-3-2-7-16(14)17/h2-3,5,7-9,11-12,15,18,20-22H,4,6,10,13H2,1H3. The first-order chi connectivity index (χ1) is 15.6. The second-order valence-corrected chi connectivity index (χ2v) is 9.97. The van der Waals surface area contributed by atoms with Crippen LogP contribution in [0.4, 0.5) is 5.69 Å². The van der Waals surface area contributed by atoms with Crippen molar-refractivity contribution in [2.24, 2.45) is 11.8 Å². The molecule has 6 rings (SSSR count). The van der Waals surface area contributed by atoms with E-state index in [2.05, 4.69) is 6.08 Å². The lowest BCUT2D eigenvalue weighted by Gasteiger charge is -2.38. The summed E-state index contributed by atoms with van der Waals surface area (Å²) in [4.78, 5) is 45.0. The summed E-state index contributed by atoms with van der Waals surface area (Å²) >= 11 is 1.38. The third kappa shape index (κ3) is 2.77. The molecule has 2 amide bonds. The molecular weight excluding hydrogens is 424 g/mol. The van der Waals surface area contributed by atoms with E-state index in [1.165, 1.54) is 16.2 Å². The molecule has 4 aliphatic heterocycles. The first-order valence-electron chi connectivity index (χ1n) is 11.2. The molecule has 0 aliphatic carbocycles. The molecule has 0 saturated carbocycles. The highest BCUT2D eigenvalue weighted by Crippen LogP contribution is 2.50. The zero-order chi connectivity index (χ0) is 22.0. The zero-order valence-corrected chi connectivity index (χ0v) is 18.6. The van der Waals surface area contributed by atoms with Crippen molar-refractivity contribution in [1.82, 2.24) is 4.90 Å². The number of anilines is 1. The van der Waals surface area contributed by atoms with Gasteiger partial charge in [-0.15, -0.1) is 11.3 Å². The van der Waals surface area contributed by atoms with Gasteiger partial charge in [0, 0.05) is 17.9 Å². The summed E-state index contributed by atoms with van der Waals surface area (Å²) in [6.45, 7) is 2.99. The Kier molecular flexibility index (Phi) is 4.59. The summed E-state index contributed by atoms with van der Waals surface area (Å²) in [7, 11) is 0. The van der Waals surface area contributed by atoms with E-state index < -0.39 is 17.9 Å². The molecule has 164 valence electrons. The van der Waals surface area contributed by atoms with Crippen molar-refractivity contribution in [2.45, 2.75) is 38.0 Å². The fourth-order valence-electron chi connectivity index (χ4n) is 5.90. The normalized spacial score (nSPS) is 30.9. The smallest absolute Gasteiger partial charge is 0.235 e. The van der Waals surface area contributed by atoms with Crippen molar-refractivity contribution >= 4 is 40.2 Å². The number of amides is 2. The van der Waals surface area contributed by atoms with Gasteiger partial charge in [0.2, 0.25) is 11.8 Å². The number of carbonyl (C=O) groups excluding carboxylic acids is 3. The van der Waals surface area contributed by atoms with E-state index in [0.717, 1.165) is 29.7 Å². The van der Waals surface area contributed by atoms with Gasteiger partial charge in [-0.05, 0) is 42.9 Å². The molecule has 2 aromatic rings. The van der Waals surface area contributed by atoms with E-state index in [4.69, 9.17) is 4.74 Å². The summed E-state index contributed by atoms with van der Waals surface area (Å²) in [6, 6.07) is 10.6. The summed E-state index contributed by atoms with van der Waals surface area (Å²) in [5.74, 6) is -1.72. The summed E-state index contributed by atoms with van der Waals surface area (Å²) in [5, 5.41) is 1.87. The lowest BCUT2D eigenvalue weighted by Crippen LogP contribution is -2.49. The van der Waals surface area contributed by atoms with Crippen molar-refractivity contribution in [3.8, 4) is 0 Å². The Balaban J connectivity index is 1.45. The maximum absolute atomic E-state index is 13.7. The summed E-state index contributed by atoms with van der Waals surface area (Å²) < 4.78 is 5.70. The van der Waals surface area contributed by atoms with Crippen molar-refractivity contribution in [3.05, 3.63) is 58.3 Å². The van der Waals surface area contributed by atoms with E-state index >= 15 is 0 Å². The Hall–Kier alpha value is -2.77. The highest BCUT2D eigenvalue weighted by atomic mass is 32.1. The van der Waals surface area contributed by atoms with Gasteiger partial charge in [0.25, 0.3) is 0 Å². The number of thiophene rings is 1. The molecule has 0 spiro atoms. The number of nitrogens with zero attached hydrogens (tertiary/aromatic N) is 2. The molecule has 1 aromatic carbocycles. The van der Waals surface area contributed by atoms with Gasteiger partial charge in [-0.2, -0.15) is 0 Å². The zero-order valence-electron chi connectivity index (χ0n) is 17.8. The minimum absolute atomic E-state index is 0.0830. The molecule has 5 unspecified atom stereocenters. The lowest BCUT2D eigenvalue weighted by atomic mass is 9.86. The fraction of sp³-hybridized carbons (Fsp3) is 0.400. The second-order valence-electron chi connectivity index (χ2n) is 9.02. The molecule has 0 N–H and O–H groups in total. The Bertz CT molecular complexity index is 1130. The monoisotopic (exact) mass is 448 g/mol. The Morgan fingerprint density at radius 2 is 1.94 bits per heavy atom. The molecule has 5 heterocycles.